The van der Waals surface area contributed by atoms with Crippen molar-refractivity contribution in [3.63, 3.8) is 0 Å². The summed E-state index contributed by atoms with van der Waals surface area (Å²) in [6, 6.07) is 28.0. The van der Waals surface area contributed by atoms with Crippen LogP contribution in [-0.4, -0.2) is 69.4 Å². The molecule has 4 rings (SSSR count). The van der Waals surface area contributed by atoms with Crippen LogP contribution in [0.4, 0.5) is 5.69 Å². The van der Waals surface area contributed by atoms with E-state index in [1.54, 1.807) is 7.11 Å². The number of carbonyl (C=O) groups is 2. The molecule has 1 aliphatic heterocycles. The van der Waals surface area contributed by atoms with Crippen molar-refractivity contribution in [2.45, 2.75) is 32.7 Å². The number of esters is 2. The molecule has 0 radical (unpaired) electrons. The molecule has 0 aromatic heterocycles. The van der Waals surface area contributed by atoms with Gasteiger partial charge in [0.25, 0.3) is 0 Å². The van der Waals surface area contributed by atoms with Crippen molar-refractivity contribution < 1.29 is 23.8 Å². The Morgan fingerprint density at radius 1 is 0.850 bits per heavy atom. The van der Waals surface area contributed by atoms with Crippen LogP contribution in [0.3, 0.4) is 0 Å². The third-order valence-corrected chi connectivity index (χ3v) is 9.50. The minimum Gasteiger partial charge on any atom is -0.495 e. The van der Waals surface area contributed by atoms with Gasteiger partial charge in [-0.3, -0.25) is 14.5 Å². The molecule has 1 aliphatic rings. The predicted molar refractivity (Wildman–Crippen MR) is 162 cm³/mol. The highest BCUT2D eigenvalue weighted by molar-refractivity contribution is 7.80. The second kappa shape index (κ2) is 14.8. The van der Waals surface area contributed by atoms with Gasteiger partial charge >= 0.3 is 11.9 Å². The first kappa shape index (κ1) is 29.6. The van der Waals surface area contributed by atoms with Gasteiger partial charge in [0.2, 0.25) is 0 Å². The zero-order valence-corrected chi connectivity index (χ0v) is 24.5. The Balaban J connectivity index is 1.68. The average molecular weight is 563 g/mol. The maximum Gasteiger partial charge on any atom is 0.302 e. The van der Waals surface area contributed by atoms with E-state index in [2.05, 4.69) is 88.7 Å². The molecule has 0 aliphatic carbocycles. The monoisotopic (exact) mass is 562 g/mol. The van der Waals surface area contributed by atoms with Crippen molar-refractivity contribution in [2.24, 2.45) is 0 Å². The van der Waals surface area contributed by atoms with Gasteiger partial charge in [0.05, 0.1) is 12.8 Å². The fraction of sp³-hybridized carbons (Fsp3) is 0.375. The molecule has 0 N–H and O–H groups in total. The number of benzene rings is 3. The summed E-state index contributed by atoms with van der Waals surface area (Å²) in [6.07, 6.45) is 2.10. The van der Waals surface area contributed by atoms with Crippen molar-refractivity contribution in [1.82, 2.24) is 4.90 Å². The molecular formula is C32H39N2O5P. The van der Waals surface area contributed by atoms with Gasteiger partial charge in [0.1, 0.15) is 19.0 Å². The second-order valence-electron chi connectivity index (χ2n) is 9.80. The molecule has 0 unspecified atom stereocenters. The van der Waals surface area contributed by atoms with Crippen LogP contribution in [0, 0.1) is 0 Å². The molecule has 8 heteroatoms. The lowest BCUT2D eigenvalue weighted by molar-refractivity contribution is -0.141. The Kier molecular flexibility index (Phi) is 11.0. The van der Waals surface area contributed by atoms with Gasteiger partial charge in [-0.1, -0.05) is 72.8 Å². The number of carbonyl (C=O) groups excluding carboxylic acids is 2. The maximum atomic E-state index is 11.4. The molecule has 40 heavy (non-hydrogen) atoms. The molecule has 0 spiro atoms. The van der Waals surface area contributed by atoms with E-state index in [9.17, 15) is 9.59 Å². The fourth-order valence-electron chi connectivity index (χ4n) is 5.28. The Morgan fingerprint density at radius 3 is 1.95 bits per heavy atom. The first-order valence-corrected chi connectivity index (χ1v) is 15.1. The van der Waals surface area contributed by atoms with Crippen LogP contribution >= 0.6 is 7.92 Å². The topological polar surface area (TPSA) is 68.3 Å². The summed E-state index contributed by atoms with van der Waals surface area (Å²) in [7, 11) is 0.914. The number of para-hydroxylation sites is 1. The first-order valence-electron chi connectivity index (χ1n) is 13.8. The van der Waals surface area contributed by atoms with E-state index in [4.69, 9.17) is 14.2 Å². The second-order valence-corrected chi connectivity index (χ2v) is 12.0. The minimum atomic E-state index is -0.828. The number of hydrogen-bond acceptors (Lipinski definition) is 7. The zero-order chi connectivity index (χ0) is 28.3. The van der Waals surface area contributed by atoms with E-state index in [1.807, 2.05) is 0 Å². The minimum absolute atomic E-state index is 0.230. The highest BCUT2D eigenvalue weighted by Gasteiger charge is 2.32. The van der Waals surface area contributed by atoms with Crippen LogP contribution in [0.25, 0.3) is 0 Å². The van der Waals surface area contributed by atoms with Crippen molar-refractivity contribution in [3.05, 3.63) is 78.9 Å². The highest BCUT2D eigenvalue weighted by atomic mass is 31.1. The summed E-state index contributed by atoms with van der Waals surface area (Å²) in [5.74, 6) is 0.280. The largest absolute Gasteiger partial charge is 0.495 e. The number of hydrogen-bond donors (Lipinski definition) is 0. The summed E-state index contributed by atoms with van der Waals surface area (Å²) in [5.41, 5.74) is 1.14. The summed E-state index contributed by atoms with van der Waals surface area (Å²) in [6.45, 7) is 6.27. The number of ether oxygens (including phenoxy) is 3. The van der Waals surface area contributed by atoms with Crippen LogP contribution in [0.15, 0.2) is 78.9 Å². The fourth-order valence-corrected chi connectivity index (χ4v) is 7.76. The number of nitrogens with zero attached hydrogens (tertiary/aromatic N) is 2. The molecule has 212 valence electrons. The molecule has 1 saturated heterocycles. The Bertz CT molecular complexity index is 1180. The van der Waals surface area contributed by atoms with E-state index >= 15 is 0 Å². The van der Waals surface area contributed by atoms with E-state index in [0.29, 0.717) is 26.3 Å². The van der Waals surface area contributed by atoms with Crippen molar-refractivity contribution >= 4 is 41.5 Å². The lowest BCUT2D eigenvalue weighted by atomic mass is 10.1. The van der Waals surface area contributed by atoms with Gasteiger partial charge in [-0.05, 0) is 37.4 Å². The first-order chi connectivity index (χ1) is 19.5. The lowest BCUT2D eigenvalue weighted by Gasteiger charge is -2.35. The predicted octanol–water partition coefficient (Wildman–Crippen LogP) is 3.85. The van der Waals surface area contributed by atoms with E-state index in [1.165, 1.54) is 29.8 Å². The zero-order valence-electron chi connectivity index (χ0n) is 23.6. The van der Waals surface area contributed by atoms with E-state index < -0.39 is 7.92 Å². The Hall–Kier alpha value is -3.41. The summed E-state index contributed by atoms with van der Waals surface area (Å²) < 4.78 is 16.5. The number of rotatable bonds is 13. The molecule has 1 atom stereocenters. The van der Waals surface area contributed by atoms with E-state index in [-0.39, 0.29) is 18.0 Å². The molecule has 0 amide bonds. The van der Waals surface area contributed by atoms with Crippen LogP contribution < -0.4 is 25.6 Å². The average Bonchev–Trinajstić information content (AvgIpc) is 3.41. The van der Waals surface area contributed by atoms with Crippen LogP contribution in [-0.2, 0) is 19.1 Å². The summed E-state index contributed by atoms with van der Waals surface area (Å²) in [4.78, 5) is 27.5. The molecule has 0 bridgehead atoms. The molecule has 0 saturated carbocycles. The normalized spacial score (nSPS) is 14.9. The Labute approximate surface area is 238 Å². The third-order valence-electron chi connectivity index (χ3n) is 7.03. The summed E-state index contributed by atoms with van der Waals surface area (Å²) >= 11 is 0. The molecule has 3 aromatic carbocycles. The Morgan fingerprint density at radius 2 is 1.43 bits per heavy atom. The SMILES string of the molecule is COc1cccc(P(c2ccccc2)c2ccccc2)c1N1CCC[C@H]1CN(CCOC(C)=O)CCOC(C)=O. The number of anilines is 1. The van der Waals surface area contributed by atoms with Gasteiger partial charge < -0.3 is 19.1 Å². The molecule has 3 aromatic rings. The number of methoxy groups -OCH3 is 1. The van der Waals surface area contributed by atoms with Crippen molar-refractivity contribution in [1.29, 1.82) is 0 Å². The van der Waals surface area contributed by atoms with Crippen LogP contribution in [0.1, 0.15) is 26.7 Å². The van der Waals surface area contributed by atoms with Gasteiger partial charge in [-0.25, -0.2) is 0 Å². The van der Waals surface area contributed by atoms with Gasteiger partial charge in [0.15, 0.2) is 0 Å². The molecule has 7 nitrogen and oxygen atoms in total. The smallest absolute Gasteiger partial charge is 0.302 e. The van der Waals surface area contributed by atoms with Crippen LogP contribution in [0.2, 0.25) is 0 Å². The molecule has 1 fully saturated rings. The van der Waals surface area contributed by atoms with Crippen molar-refractivity contribution in [3.8, 4) is 5.75 Å². The van der Waals surface area contributed by atoms with Gasteiger partial charge in [-0.15, -0.1) is 0 Å². The van der Waals surface area contributed by atoms with Gasteiger partial charge in [0, 0.05) is 51.4 Å². The molecule has 1 heterocycles. The molecular weight excluding hydrogens is 523 g/mol. The highest BCUT2D eigenvalue weighted by Crippen LogP contribution is 2.42. The summed E-state index contributed by atoms with van der Waals surface area (Å²) in [5, 5.41) is 3.85. The lowest BCUT2D eigenvalue weighted by Crippen LogP contribution is -2.44. The van der Waals surface area contributed by atoms with E-state index in [0.717, 1.165) is 37.4 Å². The van der Waals surface area contributed by atoms with Gasteiger partial charge in [-0.2, -0.15) is 0 Å². The van der Waals surface area contributed by atoms with Crippen molar-refractivity contribution in [2.75, 3.05) is 51.4 Å². The van der Waals surface area contributed by atoms with Crippen LogP contribution in [0.5, 0.6) is 5.75 Å². The standard InChI is InChI=1S/C32H39N2O5P/c1-25(35)38-22-20-33(21-23-39-26(2)36)24-27-12-11-19-34(27)32-30(37-3)17-10-18-31(32)40(28-13-6-4-7-14-28)29-15-8-5-9-16-29/h4-10,13-18,27H,11-12,19-24H2,1-3H3/t27-/m0/s1. The quantitative estimate of drug-likeness (QED) is 0.232. The third kappa shape index (κ3) is 7.83. The maximum absolute atomic E-state index is 11.4.